The molecule has 1 saturated heterocycles. The van der Waals surface area contributed by atoms with Gasteiger partial charge in [0.1, 0.15) is 0 Å². The number of hydrogen-bond donors (Lipinski definition) is 1. The lowest BCUT2D eigenvalue weighted by atomic mass is 9.91. The van der Waals surface area contributed by atoms with Gasteiger partial charge in [-0.1, -0.05) is 13.8 Å². The Labute approximate surface area is 95.6 Å². The lowest BCUT2D eigenvalue weighted by Crippen LogP contribution is -2.54. The van der Waals surface area contributed by atoms with E-state index in [1.807, 2.05) is 0 Å². The van der Waals surface area contributed by atoms with Gasteiger partial charge in [0.15, 0.2) is 0 Å². The standard InChI is InChI=1S/C12H19NOS/c1-3-12(4-2)9-14-11(7-13-12)10-5-6-15-8-10/h5-6,8,11,13H,3-4,7,9H2,1-2H3. The summed E-state index contributed by atoms with van der Waals surface area (Å²) in [6.07, 6.45) is 2.53. The molecule has 0 spiro atoms. The number of nitrogens with one attached hydrogen (secondary N) is 1. The fourth-order valence-corrected chi connectivity index (χ4v) is 2.76. The van der Waals surface area contributed by atoms with Crippen LogP contribution >= 0.6 is 11.3 Å². The van der Waals surface area contributed by atoms with E-state index in [-0.39, 0.29) is 11.6 Å². The lowest BCUT2D eigenvalue weighted by molar-refractivity contribution is -0.0372. The minimum atomic E-state index is 0.215. The predicted octanol–water partition coefficient (Wildman–Crippen LogP) is 2.97. The van der Waals surface area contributed by atoms with Gasteiger partial charge in [-0.05, 0) is 35.2 Å². The second-order valence-corrected chi connectivity index (χ2v) is 5.00. The van der Waals surface area contributed by atoms with Crippen LogP contribution in [0.5, 0.6) is 0 Å². The quantitative estimate of drug-likeness (QED) is 0.854. The molecule has 0 saturated carbocycles. The molecule has 3 heteroatoms. The third-order valence-electron chi connectivity index (χ3n) is 3.49. The molecule has 0 aliphatic carbocycles. The lowest BCUT2D eigenvalue weighted by Gasteiger charge is -2.40. The number of morpholine rings is 1. The second-order valence-electron chi connectivity index (χ2n) is 4.22. The van der Waals surface area contributed by atoms with E-state index in [1.165, 1.54) is 5.56 Å². The first-order valence-electron chi connectivity index (χ1n) is 5.68. The Balaban J connectivity index is 1.97. The zero-order valence-corrected chi connectivity index (χ0v) is 10.3. The van der Waals surface area contributed by atoms with Gasteiger partial charge in [0, 0.05) is 12.1 Å². The van der Waals surface area contributed by atoms with E-state index in [9.17, 15) is 0 Å². The molecule has 0 amide bonds. The summed E-state index contributed by atoms with van der Waals surface area (Å²) in [5.74, 6) is 0. The van der Waals surface area contributed by atoms with Crippen molar-refractivity contribution in [1.82, 2.24) is 5.32 Å². The first-order chi connectivity index (χ1) is 7.29. The van der Waals surface area contributed by atoms with Crippen LogP contribution in [0.15, 0.2) is 16.8 Å². The highest BCUT2D eigenvalue weighted by molar-refractivity contribution is 7.07. The minimum absolute atomic E-state index is 0.215. The monoisotopic (exact) mass is 225 g/mol. The van der Waals surface area contributed by atoms with Gasteiger partial charge in [0.25, 0.3) is 0 Å². The van der Waals surface area contributed by atoms with Gasteiger partial charge in [-0.2, -0.15) is 11.3 Å². The fraction of sp³-hybridized carbons (Fsp3) is 0.667. The van der Waals surface area contributed by atoms with E-state index in [4.69, 9.17) is 4.74 Å². The van der Waals surface area contributed by atoms with Crippen LogP contribution in [0.3, 0.4) is 0 Å². The zero-order valence-electron chi connectivity index (χ0n) is 9.45. The highest BCUT2D eigenvalue weighted by Crippen LogP contribution is 2.28. The maximum absolute atomic E-state index is 5.96. The Morgan fingerprint density at radius 1 is 1.53 bits per heavy atom. The number of thiophene rings is 1. The molecule has 2 heterocycles. The summed E-state index contributed by atoms with van der Waals surface area (Å²) < 4.78 is 5.96. The van der Waals surface area contributed by atoms with E-state index in [1.54, 1.807) is 11.3 Å². The summed E-state index contributed by atoms with van der Waals surface area (Å²) in [6.45, 7) is 6.23. The van der Waals surface area contributed by atoms with E-state index < -0.39 is 0 Å². The second kappa shape index (κ2) is 4.64. The van der Waals surface area contributed by atoms with Crippen molar-refractivity contribution < 1.29 is 4.74 Å². The molecule has 1 aromatic rings. The van der Waals surface area contributed by atoms with Crippen LogP contribution in [-0.2, 0) is 4.74 Å². The van der Waals surface area contributed by atoms with E-state index in [0.29, 0.717) is 0 Å². The summed E-state index contributed by atoms with van der Waals surface area (Å²) in [4.78, 5) is 0. The van der Waals surface area contributed by atoms with Crippen LogP contribution in [0.2, 0.25) is 0 Å². The minimum Gasteiger partial charge on any atom is -0.370 e. The summed E-state index contributed by atoms with van der Waals surface area (Å²) >= 11 is 1.74. The first-order valence-corrected chi connectivity index (χ1v) is 6.62. The average molecular weight is 225 g/mol. The van der Waals surface area contributed by atoms with Gasteiger partial charge >= 0.3 is 0 Å². The van der Waals surface area contributed by atoms with Crippen molar-refractivity contribution in [3.63, 3.8) is 0 Å². The Bertz CT molecular complexity index is 283. The molecule has 1 unspecified atom stereocenters. The maximum atomic E-state index is 5.96. The molecule has 1 aromatic heterocycles. The molecule has 84 valence electrons. The largest absolute Gasteiger partial charge is 0.370 e. The van der Waals surface area contributed by atoms with Crippen LogP contribution in [0.4, 0.5) is 0 Å². The maximum Gasteiger partial charge on any atom is 0.0958 e. The van der Waals surface area contributed by atoms with Crippen LogP contribution in [-0.4, -0.2) is 18.7 Å². The van der Waals surface area contributed by atoms with Crippen molar-refractivity contribution in [2.45, 2.75) is 38.3 Å². The Hall–Kier alpha value is -0.380. The Morgan fingerprint density at radius 3 is 2.80 bits per heavy atom. The van der Waals surface area contributed by atoms with Crippen molar-refractivity contribution in [2.75, 3.05) is 13.2 Å². The molecular weight excluding hydrogens is 206 g/mol. The smallest absolute Gasteiger partial charge is 0.0958 e. The predicted molar refractivity (Wildman–Crippen MR) is 64.3 cm³/mol. The van der Waals surface area contributed by atoms with Gasteiger partial charge in [-0.25, -0.2) is 0 Å². The average Bonchev–Trinajstić information content (AvgIpc) is 2.83. The number of ether oxygens (including phenoxy) is 1. The van der Waals surface area contributed by atoms with Crippen LogP contribution in [0.25, 0.3) is 0 Å². The van der Waals surface area contributed by atoms with Gasteiger partial charge < -0.3 is 10.1 Å². The Kier molecular flexibility index (Phi) is 3.44. The molecule has 1 aliphatic rings. The molecule has 0 bridgehead atoms. The highest BCUT2D eigenvalue weighted by atomic mass is 32.1. The summed E-state index contributed by atoms with van der Waals surface area (Å²) in [5, 5.41) is 7.94. The van der Waals surface area contributed by atoms with Gasteiger partial charge in [0.05, 0.1) is 12.7 Å². The molecule has 1 atom stereocenters. The molecule has 2 nitrogen and oxygen atoms in total. The molecule has 0 aromatic carbocycles. The topological polar surface area (TPSA) is 21.3 Å². The van der Waals surface area contributed by atoms with Gasteiger partial charge in [0.2, 0.25) is 0 Å². The van der Waals surface area contributed by atoms with E-state index in [0.717, 1.165) is 26.0 Å². The molecule has 0 radical (unpaired) electrons. The Morgan fingerprint density at radius 2 is 2.33 bits per heavy atom. The first kappa shape index (κ1) is 11.1. The van der Waals surface area contributed by atoms with Gasteiger partial charge in [-0.15, -0.1) is 0 Å². The molecule has 1 fully saturated rings. The van der Waals surface area contributed by atoms with Crippen molar-refractivity contribution in [3.05, 3.63) is 22.4 Å². The van der Waals surface area contributed by atoms with Crippen molar-refractivity contribution in [1.29, 1.82) is 0 Å². The van der Waals surface area contributed by atoms with E-state index in [2.05, 4.69) is 36.0 Å². The molecule has 1 aliphatic heterocycles. The third-order valence-corrected chi connectivity index (χ3v) is 4.19. The molecule has 2 rings (SSSR count). The summed E-state index contributed by atoms with van der Waals surface area (Å²) in [7, 11) is 0. The summed E-state index contributed by atoms with van der Waals surface area (Å²) in [5.41, 5.74) is 1.53. The van der Waals surface area contributed by atoms with Crippen LogP contribution < -0.4 is 5.32 Å². The molecule has 1 N–H and O–H groups in total. The normalized spacial score (nSPS) is 25.3. The van der Waals surface area contributed by atoms with Gasteiger partial charge in [-0.3, -0.25) is 0 Å². The molecular formula is C12H19NOS. The van der Waals surface area contributed by atoms with E-state index >= 15 is 0 Å². The van der Waals surface area contributed by atoms with Crippen molar-refractivity contribution in [2.24, 2.45) is 0 Å². The SMILES string of the molecule is CCC1(CC)COC(c2ccsc2)CN1. The zero-order chi connectivity index (χ0) is 10.7. The van der Waals surface area contributed by atoms with Crippen LogP contribution in [0.1, 0.15) is 38.4 Å². The number of hydrogen-bond acceptors (Lipinski definition) is 3. The molecule has 15 heavy (non-hydrogen) atoms. The number of rotatable bonds is 3. The van der Waals surface area contributed by atoms with Crippen LogP contribution in [0, 0.1) is 0 Å². The van der Waals surface area contributed by atoms with Crippen molar-refractivity contribution in [3.8, 4) is 0 Å². The summed E-state index contributed by atoms with van der Waals surface area (Å²) in [6, 6.07) is 2.15. The fourth-order valence-electron chi connectivity index (χ4n) is 2.06. The third kappa shape index (κ3) is 2.25. The highest BCUT2D eigenvalue weighted by Gasteiger charge is 2.32. The van der Waals surface area contributed by atoms with Crippen molar-refractivity contribution >= 4 is 11.3 Å².